The molecular formula is C16H24N6O2. The first kappa shape index (κ1) is 16.5. The van der Waals surface area contributed by atoms with Gasteiger partial charge in [-0.05, 0) is 19.3 Å². The maximum absolute atomic E-state index is 12.7. The van der Waals surface area contributed by atoms with Crippen LogP contribution in [0.5, 0.6) is 0 Å². The number of rotatable bonds is 4. The molecule has 1 atom stereocenters. The van der Waals surface area contributed by atoms with Crippen LogP contribution in [0.3, 0.4) is 0 Å². The molecule has 2 aromatic heterocycles. The molecule has 1 fully saturated rings. The molecule has 0 saturated carbocycles. The maximum Gasteiger partial charge on any atom is 0.332 e. The molecule has 3 heterocycles. The van der Waals surface area contributed by atoms with Crippen LogP contribution in [0.1, 0.15) is 19.3 Å². The van der Waals surface area contributed by atoms with Crippen molar-refractivity contribution in [2.24, 2.45) is 19.8 Å². The van der Waals surface area contributed by atoms with Crippen molar-refractivity contribution in [3.8, 4) is 0 Å². The van der Waals surface area contributed by atoms with E-state index in [-0.39, 0.29) is 17.3 Å². The first-order valence-electron chi connectivity index (χ1n) is 8.23. The summed E-state index contributed by atoms with van der Waals surface area (Å²) in [5.74, 6) is 0.709. The molecule has 130 valence electrons. The van der Waals surface area contributed by atoms with Gasteiger partial charge in [0.15, 0.2) is 11.2 Å². The van der Waals surface area contributed by atoms with Crippen molar-refractivity contribution in [3.05, 3.63) is 33.5 Å². The summed E-state index contributed by atoms with van der Waals surface area (Å²) >= 11 is 0. The third kappa shape index (κ3) is 2.56. The van der Waals surface area contributed by atoms with Crippen molar-refractivity contribution in [2.75, 3.05) is 18.0 Å². The summed E-state index contributed by atoms with van der Waals surface area (Å²) in [6, 6.07) is 0.0954. The largest absolute Gasteiger partial charge is 0.341 e. The minimum Gasteiger partial charge on any atom is -0.341 e. The smallest absolute Gasteiger partial charge is 0.332 e. The quantitative estimate of drug-likeness (QED) is 0.792. The van der Waals surface area contributed by atoms with Crippen LogP contribution in [0.4, 0.5) is 5.95 Å². The summed E-state index contributed by atoms with van der Waals surface area (Å²) in [6.45, 7) is 5.90. The summed E-state index contributed by atoms with van der Waals surface area (Å²) < 4.78 is 4.45. The molecule has 0 bridgehead atoms. The molecule has 1 aliphatic heterocycles. The highest BCUT2D eigenvalue weighted by molar-refractivity contribution is 5.74. The van der Waals surface area contributed by atoms with Crippen molar-refractivity contribution < 1.29 is 0 Å². The number of nitrogens with two attached hydrogens (primary N) is 1. The van der Waals surface area contributed by atoms with Crippen LogP contribution in [0, 0.1) is 0 Å². The summed E-state index contributed by atoms with van der Waals surface area (Å²) in [4.78, 5) is 31.6. The number of aromatic nitrogens is 4. The van der Waals surface area contributed by atoms with Crippen molar-refractivity contribution in [1.29, 1.82) is 0 Å². The molecule has 2 N–H and O–H groups in total. The van der Waals surface area contributed by atoms with Crippen molar-refractivity contribution in [3.63, 3.8) is 0 Å². The van der Waals surface area contributed by atoms with E-state index in [2.05, 4.69) is 16.5 Å². The molecular weight excluding hydrogens is 308 g/mol. The zero-order valence-electron chi connectivity index (χ0n) is 14.2. The number of allylic oxidation sites excluding steroid dienone is 1. The number of piperidine rings is 1. The molecule has 0 spiro atoms. The average molecular weight is 332 g/mol. The van der Waals surface area contributed by atoms with E-state index in [0.29, 0.717) is 36.6 Å². The van der Waals surface area contributed by atoms with Crippen LogP contribution in [0.2, 0.25) is 0 Å². The fourth-order valence-electron chi connectivity index (χ4n) is 3.30. The zero-order valence-corrected chi connectivity index (χ0v) is 14.2. The van der Waals surface area contributed by atoms with E-state index in [9.17, 15) is 9.59 Å². The second-order valence-corrected chi connectivity index (χ2v) is 6.37. The molecule has 2 aromatic rings. The van der Waals surface area contributed by atoms with Gasteiger partial charge in [0.2, 0.25) is 5.95 Å². The van der Waals surface area contributed by atoms with Crippen molar-refractivity contribution >= 4 is 17.1 Å². The number of fused-ring (bicyclic) bond motifs is 1. The number of anilines is 1. The summed E-state index contributed by atoms with van der Waals surface area (Å²) in [5, 5.41) is 0. The summed E-state index contributed by atoms with van der Waals surface area (Å²) in [7, 11) is 3.13. The van der Waals surface area contributed by atoms with Gasteiger partial charge >= 0.3 is 5.69 Å². The molecule has 0 aromatic carbocycles. The van der Waals surface area contributed by atoms with Crippen LogP contribution in [0.25, 0.3) is 11.2 Å². The number of hydrogen-bond donors (Lipinski definition) is 1. The van der Waals surface area contributed by atoms with Gasteiger partial charge in [0.1, 0.15) is 0 Å². The highest BCUT2D eigenvalue weighted by Gasteiger charge is 2.25. The van der Waals surface area contributed by atoms with Gasteiger partial charge in [0.05, 0.1) is 0 Å². The molecule has 1 aliphatic rings. The first-order valence-corrected chi connectivity index (χ1v) is 8.23. The fraction of sp³-hybridized carbons (Fsp3) is 0.562. The van der Waals surface area contributed by atoms with E-state index < -0.39 is 0 Å². The predicted molar refractivity (Wildman–Crippen MR) is 94.5 cm³/mol. The maximum atomic E-state index is 12.7. The fourth-order valence-corrected chi connectivity index (χ4v) is 3.30. The minimum atomic E-state index is -0.372. The third-order valence-electron chi connectivity index (χ3n) is 4.63. The normalized spacial score (nSPS) is 18.3. The van der Waals surface area contributed by atoms with Gasteiger partial charge in [-0.2, -0.15) is 4.98 Å². The number of hydrogen-bond acceptors (Lipinski definition) is 5. The van der Waals surface area contributed by atoms with Crippen LogP contribution >= 0.6 is 0 Å². The van der Waals surface area contributed by atoms with Gasteiger partial charge in [0, 0.05) is 39.8 Å². The van der Waals surface area contributed by atoms with E-state index in [1.807, 2.05) is 10.6 Å². The average Bonchev–Trinajstić information content (AvgIpc) is 2.95. The van der Waals surface area contributed by atoms with Gasteiger partial charge in [-0.25, -0.2) is 4.79 Å². The Morgan fingerprint density at radius 2 is 2.08 bits per heavy atom. The number of imidazole rings is 1. The topological polar surface area (TPSA) is 91.1 Å². The molecule has 0 aliphatic carbocycles. The monoisotopic (exact) mass is 332 g/mol. The minimum absolute atomic E-state index is 0.0954. The van der Waals surface area contributed by atoms with Crippen LogP contribution < -0.4 is 21.9 Å². The summed E-state index contributed by atoms with van der Waals surface area (Å²) in [5.41, 5.74) is 6.28. The summed E-state index contributed by atoms with van der Waals surface area (Å²) in [6.07, 6.45) is 4.50. The van der Waals surface area contributed by atoms with E-state index in [4.69, 9.17) is 5.73 Å². The standard InChI is InChI=1S/C16H24N6O2/c1-4-5-9-22-12-13(19(2)16(24)20(3)14(12)23)18-15(22)21-8-6-7-11(17)10-21/h4,11H,1,5-10,17H2,2-3H3. The van der Waals surface area contributed by atoms with Gasteiger partial charge in [-0.3, -0.25) is 13.9 Å². The van der Waals surface area contributed by atoms with Crippen LogP contribution in [-0.4, -0.2) is 37.8 Å². The molecule has 8 nitrogen and oxygen atoms in total. The Morgan fingerprint density at radius 1 is 1.33 bits per heavy atom. The van der Waals surface area contributed by atoms with E-state index in [1.165, 1.54) is 11.6 Å². The SMILES string of the molecule is C=CCCn1c(N2CCCC(N)C2)nc2c1c(=O)n(C)c(=O)n2C. The Bertz CT molecular complexity index is 891. The number of aryl methyl sites for hydroxylation is 2. The second kappa shape index (κ2) is 6.27. The first-order chi connectivity index (χ1) is 11.5. The van der Waals surface area contributed by atoms with Crippen molar-refractivity contribution in [1.82, 2.24) is 18.7 Å². The molecule has 0 radical (unpaired) electrons. The Labute approximate surface area is 139 Å². The molecule has 24 heavy (non-hydrogen) atoms. The molecule has 0 amide bonds. The van der Waals surface area contributed by atoms with Gasteiger partial charge in [-0.15, -0.1) is 6.58 Å². The lowest BCUT2D eigenvalue weighted by atomic mass is 10.1. The Morgan fingerprint density at radius 3 is 2.75 bits per heavy atom. The third-order valence-corrected chi connectivity index (χ3v) is 4.63. The zero-order chi connectivity index (χ0) is 17.4. The van der Waals surface area contributed by atoms with Crippen molar-refractivity contribution in [2.45, 2.75) is 31.8 Å². The lowest BCUT2D eigenvalue weighted by Crippen LogP contribution is -2.44. The highest BCUT2D eigenvalue weighted by atomic mass is 16.2. The molecule has 1 unspecified atom stereocenters. The lowest BCUT2D eigenvalue weighted by molar-refractivity contribution is 0.493. The molecule has 1 saturated heterocycles. The van der Waals surface area contributed by atoms with E-state index >= 15 is 0 Å². The van der Waals surface area contributed by atoms with E-state index in [1.54, 1.807) is 7.05 Å². The van der Waals surface area contributed by atoms with Crippen LogP contribution in [-0.2, 0) is 20.6 Å². The Hall–Kier alpha value is -2.35. The lowest BCUT2D eigenvalue weighted by Gasteiger charge is -2.31. The van der Waals surface area contributed by atoms with Gasteiger partial charge in [0.25, 0.3) is 5.56 Å². The Balaban J connectivity index is 2.26. The number of nitrogens with zero attached hydrogens (tertiary/aromatic N) is 5. The second-order valence-electron chi connectivity index (χ2n) is 6.37. The van der Waals surface area contributed by atoms with Crippen LogP contribution in [0.15, 0.2) is 22.2 Å². The van der Waals surface area contributed by atoms with Gasteiger partial charge < -0.3 is 15.2 Å². The predicted octanol–water partition coefficient (Wildman–Crippen LogP) is -0.0627. The highest BCUT2D eigenvalue weighted by Crippen LogP contribution is 2.23. The Kier molecular flexibility index (Phi) is 4.31. The molecule has 3 rings (SSSR count). The van der Waals surface area contributed by atoms with Gasteiger partial charge in [-0.1, -0.05) is 6.08 Å². The molecule has 8 heteroatoms. The van der Waals surface area contributed by atoms with E-state index in [0.717, 1.165) is 24.0 Å².